The van der Waals surface area contributed by atoms with E-state index in [1.165, 1.54) is 0 Å². The zero-order valence-electron chi connectivity index (χ0n) is 19.6. The summed E-state index contributed by atoms with van der Waals surface area (Å²) in [4.78, 5) is 11.2. The highest BCUT2D eigenvalue weighted by atomic mass is 16.6. The summed E-state index contributed by atoms with van der Waals surface area (Å²) in [7, 11) is 3.30. The number of nitrogens with zero attached hydrogens (tertiary/aromatic N) is 3. The molecule has 11 nitrogen and oxygen atoms in total. The number of carbonyl (C=O) groups excluding carboxylic acids is 1. The van der Waals surface area contributed by atoms with E-state index in [9.17, 15) is 4.79 Å². The molecule has 1 N–H and O–H groups in total. The third kappa shape index (κ3) is 17.0. The third-order valence-electron chi connectivity index (χ3n) is 4.33. The summed E-state index contributed by atoms with van der Waals surface area (Å²) in [6.45, 7) is 6.56. The predicted molar refractivity (Wildman–Crippen MR) is 117 cm³/mol. The number of ether oxygens (including phenoxy) is 6. The van der Waals surface area contributed by atoms with E-state index in [0.29, 0.717) is 79.1 Å². The van der Waals surface area contributed by atoms with Gasteiger partial charge in [0.15, 0.2) is 0 Å². The molecule has 0 aliphatic carbocycles. The fourth-order valence-corrected chi connectivity index (χ4v) is 2.57. The molecule has 0 aromatic carbocycles. The van der Waals surface area contributed by atoms with Gasteiger partial charge in [-0.05, 0) is 12.8 Å². The number of methoxy groups -OCH3 is 1. The van der Waals surface area contributed by atoms with Gasteiger partial charge in [0.05, 0.1) is 78.9 Å². The van der Waals surface area contributed by atoms with E-state index in [1.807, 2.05) is 10.9 Å². The van der Waals surface area contributed by atoms with Crippen LogP contribution in [0.5, 0.6) is 0 Å². The van der Waals surface area contributed by atoms with Crippen molar-refractivity contribution >= 4 is 5.91 Å². The molecule has 1 aromatic rings. The second-order valence-electron chi connectivity index (χ2n) is 6.95. The summed E-state index contributed by atoms with van der Waals surface area (Å²) in [5.74, 6) is 0.0859. The molecule has 32 heavy (non-hydrogen) atoms. The van der Waals surface area contributed by atoms with Crippen LogP contribution in [0.3, 0.4) is 0 Å². The first-order valence-corrected chi connectivity index (χ1v) is 11.2. The van der Waals surface area contributed by atoms with Gasteiger partial charge in [0.2, 0.25) is 5.91 Å². The fourth-order valence-electron chi connectivity index (χ4n) is 2.57. The van der Waals surface area contributed by atoms with Crippen molar-refractivity contribution in [2.45, 2.75) is 38.8 Å². The number of carbonyl (C=O) groups is 1. The average Bonchev–Trinajstić information content (AvgIpc) is 3.26. The van der Waals surface area contributed by atoms with Gasteiger partial charge in [-0.2, -0.15) is 0 Å². The lowest BCUT2D eigenvalue weighted by Gasteiger charge is -2.07. The Hall–Kier alpha value is -1.63. The second kappa shape index (κ2) is 21.2. The standard InChI is InChI=1S/C21H40N4O7/c1-22-21(26)6-4-3-5-7-25-18-20(23-24-25)19-32-17-16-31-15-14-30-13-12-29-11-10-28-9-8-27-2/h18H,3-17,19H2,1-2H3,(H,22,26). The van der Waals surface area contributed by atoms with Gasteiger partial charge in [-0.3, -0.25) is 9.48 Å². The zero-order chi connectivity index (χ0) is 23.1. The summed E-state index contributed by atoms with van der Waals surface area (Å²) in [5, 5.41) is 10.8. The maximum Gasteiger partial charge on any atom is 0.219 e. The van der Waals surface area contributed by atoms with Crippen LogP contribution in [0.1, 0.15) is 31.4 Å². The number of rotatable bonds is 23. The minimum Gasteiger partial charge on any atom is -0.382 e. The highest BCUT2D eigenvalue weighted by molar-refractivity contribution is 5.75. The largest absolute Gasteiger partial charge is 0.382 e. The lowest BCUT2D eigenvalue weighted by molar-refractivity contribution is -0.120. The van der Waals surface area contributed by atoms with Crippen LogP contribution in [0.15, 0.2) is 6.20 Å². The molecule has 0 radical (unpaired) electrons. The Bertz CT molecular complexity index is 560. The molecule has 0 spiro atoms. The molecule has 0 saturated carbocycles. The summed E-state index contributed by atoms with van der Waals surface area (Å²) >= 11 is 0. The molecule has 0 aliphatic rings. The van der Waals surface area contributed by atoms with Crippen molar-refractivity contribution in [1.82, 2.24) is 20.3 Å². The number of amides is 1. The number of aromatic nitrogens is 3. The van der Waals surface area contributed by atoms with Crippen LogP contribution < -0.4 is 5.32 Å². The number of unbranched alkanes of at least 4 members (excludes halogenated alkanes) is 2. The first-order valence-electron chi connectivity index (χ1n) is 11.2. The Balaban J connectivity index is 1.83. The fraction of sp³-hybridized carbons (Fsp3) is 0.857. The summed E-state index contributed by atoms with van der Waals surface area (Å²) < 4.78 is 33.8. The van der Waals surface area contributed by atoms with E-state index >= 15 is 0 Å². The van der Waals surface area contributed by atoms with Crippen LogP contribution in [0.2, 0.25) is 0 Å². The molecule has 1 rings (SSSR count). The Morgan fingerprint density at radius 1 is 0.844 bits per heavy atom. The maximum absolute atomic E-state index is 11.2. The minimum atomic E-state index is 0.0859. The van der Waals surface area contributed by atoms with Crippen molar-refractivity contribution in [2.24, 2.45) is 0 Å². The monoisotopic (exact) mass is 460 g/mol. The maximum atomic E-state index is 11.2. The lowest BCUT2D eigenvalue weighted by Crippen LogP contribution is -2.16. The van der Waals surface area contributed by atoms with E-state index in [4.69, 9.17) is 28.4 Å². The molecule has 186 valence electrons. The van der Waals surface area contributed by atoms with E-state index in [2.05, 4.69) is 15.6 Å². The highest BCUT2D eigenvalue weighted by Crippen LogP contribution is 2.03. The van der Waals surface area contributed by atoms with Gasteiger partial charge in [0.25, 0.3) is 0 Å². The molecule has 0 bridgehead atoms. The predicted octanol–water partition coefficient (Wildman–Crippen LogP) is 0.814. The van der Waals surface area contributed by atoms with Crippen LogP contribution in [-0.2, 0) is 46.4 Å². The van der Waals surface area contributed by atoms with Crippen molar-refractivity contribution in [2.75, 3.05) is 80.2 Å². The SMILES string of the molecule is CNC(=O)CCCCCn1cc(COCCOCCOCCOCCOCCOC)nn1. The third-order valence-corrected chi connectivity index (χ3v) is 4.33. The topological polar surface area (TPSA) is 115 Å². The van der Waals surface area contributed by atoms with Gasteiger partial charge in [-0.15, -0.1) is 5.10 Å². The average molecular weight is 461 g/mol. The van der Waals surface area contributed by atoms with Crippen LogP contribution >= 0.6 is 0 Å². The Morgan fingerprint density at radius 3 is 1.97 bits per heavy atom. The van der Waals surface area contributed by atoms with Crippen LogP contribution in [0.25, 0.3) is 0 Å². The molecular weight excluding hydrogens is 420 g/mol. The van der Waals surface area contributed by atoms with Crippen molar-refractivity contribution in [3.8, 4) is 0 Å². The van der Waals surface area contributed by atoms with E-state index in [-0.39, 0.29) is 5.91 Å². The first-order chi connectivity index (χ1) is 15.8. The summed E-state index contributed by atoms with van der Waals surface area (Å²) in [6, 6.07) is 0. The molecule has 0 saturated heterocycles. The molecular formula is C21H40N4O7. The minimum absolute atomic E-state index is 0.0859. The summed E-state index contributed by atoms with van der Waals surface area (Å²) in [5.41, 5.74) is 0.794. The zero-order valence-corrected chi connectivity index (χ0v) is 19.6. The second-order valence-corrected chi connectivity index (χ2v) is 6.95. The van der Waals surface area contributed by atoms with Gasteiger partial charge >= 0.3 is 0 Å². The van der Waals surface area contributed by atoms with Crippen molar-refractivity contribution in [1.29, 1.82) is 0 Å². The normalized spacial score (nSPS) is 11.2. The Labute approximate surface area is 191 Å². The van der Waals surface area contributed by atoms with E-state index < -0.39 is 0 Å². The molecule has 1 aromatic heterocycles. The molecule has 1 heterocycles. The summed E-state index contributed by atoms with van der Waals surface area (Å²) in [6.07, 6.45) is 5.29. The van der Waals surface area contributed by atoms with Crippen molar-refractivity contribution in [3.05, 3.63) is 11.9 Å². The Kier molecular flexibility index (Phi) is 18.8. The van der Waals surface area contributed by atoms with Crippen LogP contribution in [0.4, 0.5) is 0 Å². The van der Waals surface area contributed by atoms with Crippen molar-refractivity contribution < 1.29 is 33.2 Å². The quantitative estimate of drug-likeness (QED) is 0.237. The highest BCUT2D eigenvalue weighted by Gasteiger charge is 2.02. The Morgan fingerprint density at radius 2 is 1.41 bits per heavy atom. The number of hydrogen-bond acceptors (Lipinski definition) is 9. The van der Waals surface area contributed by atoms with E-state index in [0.717, 1.165) is 31.5 Å². The number of aryl methyl sites for hydroxylation is 1. The molecule has 0 aliphatic heterocycles. The van der Waals surface area contributed by atoms with Crippen LogP contribution in [0, 0.1) is 0 Å². The lowest BCUT2D eigenvalue weighted by atomic mass is 10.2. The van der Waals surface area contributed by atoms with Crippen LogP contribution in [-0.4, -0.2) is 101 Å². The molecule has 1 amide bonds. The number of hydrogen-bond donors (Lipinski definition) is 1. The van der Waals surface area contributed by atoms with Gasteiger partial charge in [0.1, 0.15) is 5.69 Å². The van der Waals surface area contributed by atoms with Crippen molar-refractivity contribution in [3.63, 3.8) is 0 Å². The molecule has 0 atom stereocenters. The number of nitrogens with one attached hydrogen (secondary N) is 1. The van der Waals surface area contributed by atoms with Gasteiger partial charge in [0, 0.05) is 27.1 Å². The molecule has 0 fully saturated rings. The van der Waals surface area contributed by atoms with Gasteiger partial charge in [-0.1, -0.05) is 11.6 Å². The van der Waals surface area contributed by atoms with Gasteiger partial charge in [-0.25, -0.2) is 0 Å². The smallest absolute Gasteiger partial charge is 0.219 e. The van der Waals surface area contributed by atoms with Gasteiger partial charge < -0.3 is 33.7 Å². The molecule has 11 heteroatoms. The molecule has 0 unspecified atom stereocenters. The first kappa shape index (κ1) is 28.4. The van der Waals surface area contributed by atoms with E-state index in [1.54, 1.807) is 14.2 Å².